The zero-order chi connectivity index (χ0) is 9.97. The Balaban J connectivity index is 0.00000112. The van der Waals surface area contributed by atoms with Crippen LogP contribution in [-0.2, 0) is 0 Å². The molecule has 1 aliphatic heterocycles. The van der Waals surface area contributed by atoms with E-state index in [0.29, 0.717) is 0 Å². The predicted molar refractivity (Wildman–Crippen MR) is 60.0 cm³/mol. The summed E-state index contributed by atoms with van der Waals surface area (Å²) in [6, 6.07) is 1.89. The lowest BCUT2D eigenvalue weighted by molar-refractivity contribution is 0.228. The van der Waals surface area contributed by atoms with E-state index < -0.39 is 0 Å². The zero-order valence-corrected chi connectivity index (χ0v) is 9.10. The van der Waals surface area contributed by atoms with Crippen molar-refractivity contribution in [3.8, 4) is 0 Å². The number of halogens is 1. The Morgan fingerprint density at radius 1 is 1.53 bits per heavy atom. The summed E-state index contributed by atoms with van der Waals surface area (Å²) in [5.74, 6) is 1.04. The van der Waals surface area contributed by atoms with Crippen molar-refractivity contribution in [1.29, 1.82) is 0 Å². The summed E-state index contributed by atoms with van der Waals surface area (Å²) < 4.78 is 0. The molecule has 1 aromatic rings. The molecule has 0 amide bonds. The van der Waals surface area contributed by atoms with Crippen molar-refractivity contribution in [2.24, 2.45) is 11.7 Å². The van der Waals surface area contributed by atoms with Gasteiger partial charge in [0, 0.05) is 37.9 Å². The van der Waals surface area contributed by atoms with Gasteiger partial charge in [0.2, 0.25) is 0 Å². The number of rotatable bonds is 2. The second kappa shape index (κ2) is 5.25. The van der Waals surface area contributed by atoms with E-state index in [1.807, 2.05) is 6.07 Å². The number of aliphatic hydroxyl groups excluding tert-OH is 1. The minimum atomic E-state index is 0. The van der Waals surface area contributed by atoms with Gasteiger partial charge >= 0.3 is 0 Å². The average molecular weight is 231 g/mol. The maximum Gasteiger partial charge on any atom is 0.131 e. The molecular weight excluding hydrogens is 216 g/mol. The quantitative estimate of drug-likeness (QED) is 0.727. The first-order chi connectivity index (χ1) is 6.81. The molecule has 2 heterocycles. The Kier molecular flexibility index (Phi) is 4.26. The van der Waals surface area contributed by atoms with Crippen LogP contribution in [-0.4, -0.2) is 40.8 Å². The number of hydrogen-bond acceptors (Lipinski definition) is 5. The second-order valence-electron chi connectivity index (χ2n) is 3.58. The summed E-state index contributed by atoms with van der Waals surface area (Å²) in [7, 11) is 0. The third-order valence-corrected chi connectivity index (χ3v) is 2.62. The summed E-state index contributed by atoms with van der Waals surface area (Å²) >= 11 is 0. The average Bonchev–Trinajstić information content (AvgIpc) is 2.61. The van der Waals surface area contributed by atoms with Crippen LogP contribution in [0.2, 0.25) is 0 Å². The normalized spacial score (nSPS) is 25.1. The fourth-order valence-electron chi connectivity index (χ4n) is 1.75. The van der Waals surface area contributed by atoms with E-state index in [0.717, 1.165) is 18.9 Å². The standard InChI is InChI=1S/C9H14N4O.ClH/c10-8-4-13(3-7(8)5-14)9-1-2-11-6-12-9;/h1-2,6-8,14H,3-5,10H2;1H. The van der Waals surface area contributed by atoms with Gasteiger partial charge in [0.1, 0.15) is 12.1 Å². The first-order valence-corrected chi connectivity index (χ1v) is 4.68. The highest BCUT2D eigenvalue weighted by molar-refractivity contribution is 5.85. The molecule has 1 fully saturated rings. The first kappa shape index (κ1) is 12.2. The van der Waals surface area contributed by atoms with E-state index in [2.05, 4.69) is 14.9 Å². The fourth-order valence-corrected chi connectivity index (χ4v) is 1.75. The minimum Gasteiger partial charge on any atom is -0.396 e. The summed E-state index contributed by atoms with van der Waals surface area (Å²) in [4.78, 5) is 10.1. The Bertz CT molecular complexity index is 297. The van der Waals surface area contributed by atoms with E-state index >= 15 is 0 Å². The largest absolute Gasteiger partial charge is 0.396 e. The lowest BCUT2D eigenvalue weighted by Gasteiger charge is -2.15. The Labute approximate surface area is 94.7 Å². The lowest BCUT2D eigenvalue weighted by atomic mass is 10.1. The molecule has 2 atom stereocenters. The predicted octanol–water partition coefficient (Wildman–Crippen LogP) is -0.346. The van der Waals surface area contributed by atoms with Gasteiger partial charge in [-0.15, -0.1) is 12.4 Å². The van der Waals surface area contributed by atoms with Crippen LogP contribution in [0.3, 0.4) is 0 Å². The third kappa shape index (κ3) is 2.56. The van der Waals surface area contributed by atoms with Crippen molar-refractivity contribution >= 4 is 18.2 Å². The molecule has 1 aromatic heterocycles. The molecular formula is C9H15ClN4O. The highest BCUT2D eigenvalue weighted by atomic mass is 35.5. The molecule has 0 aliphatic carbocycles. The molecule has 6 heteroatoms. The van der Waals surface area contributed by atoms with Crippen LogP contribution in [0.15, 0.2) is 18.6 Å². The highest BCUT2D eigenvalue weighted by Crippen LogP contribution is 2.20. The van der Waals surface area contributed by atoms with Gasteiger partial charge in [-0.3, -0.25) is 0 Å². The van der Waals surface area contributed by atoms with E-state index in [1.54, 1.807) is 6.20 Å². The monoisotopic (exact) mass is 230 g/mol. The van der Waals surface area contributed by atoms with Gasteiger partial charge < -0.3 is 15.7 Å². The topological polar surface area (TPSA) is 75.3 Å². The fraction of sp³-hybridized carbons (Fsp3) is 0.556. The summed E-state index contributed by atoms with van der Waals surface area (Å²) in [6.07, 6.45) is 3.23. The SMILES string of the molecule is Cl.NC1CN(c2ccncn2)CC1CO. The van der Waals surface area contributed by atoms with Gasteiger partial charge in [-0.25, -0.2) is 9.97 Å². The highest BCUT2D eigenvalue weighted by Gasteiger charge is 2.29. The van der Waals surface area contributed by atoms with Crippen LogP contribution >= 0.6 is 12.4 Å². The summed E-state index contributed by atoms with van der Waals surface area (Å²) in [5, 5.41) is 9.06. The van der Waals surface area contributed by atoms with Crippen LogP contribution in [0.1, 0.15) is 0 Å². The van der Waals surface area contributed by atoms with Crippen molar-refractivity contribution in [2.75, 3.05) is 24.6 Å². The van der Waals surface area contributed by atoms with Crippen molar-refractivity contribution in [3.63, 3.8) is 0 Å². The first-order valence-electron chi connectivity index (χ1n) is 4.68. The summed E-state index contributed by atoms with van der Waals surface area (Å²) in [5.41, 5.74) is 5.87. The van der Waals surface area contributed by atoms with Gasteiger partial charge in [-0.05, 0) is 6.07 Å². The maximum atomic E-state index is 9.06. The Morgan fingerprint density at radius 3 is 2.87 bits per heavy atom. The molecule has 2 unspecified atom stereocenters. The van der Waals surface area contributed by atoms with Crippen LogP contribution in [0, 0.1) is 5.92 Å². The molecule has 1 aliphatic rings. The van der Waals surface area contributed by atoms with Crippen molar-refractivity contribution in [1.82, 2.24) is 9.97 Å². The van der Waals surface area contributed by atoms with Crippen molar-refractivity contribution < 1.29 is 5.11 Å². The van der Waals surface area contributed by atoms with E-state index in [1.165, 1.54) is 6.33 Å². The van der Waals surface area contributed by atoms with Gasteiger partial charge in [-0.1, -0.05) is 0 Å². The molecule has 0 bridgehead atoms. The van der Waals surface area contributed by atoms with Crippen LogP contribution in [0.25, 0.3) is 0 Å². The van der Waals surface area contributed by atoms with Crippen LogP contribution in [0.5, 0.6) is 0 Å². The molecule has 1 saturated heterocycles. The van der Waals surface area contributed by atoms with Crippen LogP contribution in [0.4, 0.5) is 5.82 Å². The second-order valence-corrected chi connectivity index (χ2v) is 3.58. The molecule has 5 nitrogen and oxygen atoms in total. The number of nitrogens with two attached hydrogens (primary N) is 1. The van der Waals surface area contributed by atoms with Gasteiger partial charge in [0.05, 0.1) is 0 Å². The Hall–Kier alpha value is -0.910. The molecule has 0 spiro atoms. The molecule has 84 valence electrons. The van der Waals surface area contributed by atoms with Gasteiger partial charge in [-0.2, -0.15) is 0 Å². The smallest absolute Gasteiger partial charge is 0.131 e. The van der Waals surface area contributed by atoms with Gasteiger partial charge in [0.25, 0.3) is 0 Å². The minimum absolute atomic E-state index is 0. The summed E-state index contributed by atoms with van der Waals surface area (Å²) in [6.45, 7) is 1.67. The number of nitrogens with zero attached hydrogens (tertiary/aromatic N) is 3. The third-order valence-electron chi connectivity index (χ3n) is 2.62. The zero-order valence-electron chi connectivity index (χ0n) is 8.28. The molecule has 3 N–H and O–H groups in total. The Morgan fingerprint density at radius 2 is 2.33 bits per heavy atom. The van der Waals surface area contributed by atoms with E-state index in [9.17, 15) is 0 Å². The molecule has 15 heavy (non-hydrogen) atoms. The molecule has 0 aromatic carbocycles. The number of hydrogen-bond donors (Lipinski definition) is 2. The van der Waals surface area contributed by atoms with E-state index in [4.69, 9.17) is 10.8 Å². The molecule has 0 saturated carbocycles. The van der Waals surface area contributed by atoms with Gasteiger partial charge in [0.15, 0.2) is 0 Å². The van der Waals surface area contributed by atoms with Crippen molar-refractivity contribution in [2.45, 2.75) is 6.04 Å². The van der Waals surface area contributed by atoms with Crippen molar-refractivity contribution in [3.05, 3.63) is 18.6 Å². The molecule has 2 rings (SSSR count). The lowest BCUT2D eigenvalue weighted by Crippen LogP contribution is -2.31. The molecule has 0 radical (unpaired) electrons. The maximum absolute atomic E-state index is 9.06. The number of aliphatic hydroxyl groups is 1. The number of anilines is 1. The van der Waals surface area contributed by atoms with E-state index in [-0.39, 0.29) is 31.0 Å². The number of aromatic nitrogens is 2. The van der Waals surface area contributed by atoms with Crippen LogP contribution < -0.4 is 10.6 Å².